The number of hydrogen-bond acceptors (Lipinski definition) is 5. The summed E-state index contributed by atoms with van der Waals surface area (Å²) < 4.78 is 34.8. The molecule has 3 aromatic heterocycles. The van der Waals surface area contributed by atoms with Crippen molar-refractivity contribution in [3.63, 3.8) is 0 Å². The first-order chi connectivity index (χ1) is 11.4. The summed E-state index contributed by atoms with van der Waals surface area (Å²) in [4.78, 5) is 4.22. The number of imidazole rings is 1. The van der Waals surface area contributed by atoms with Crippen molar-refractivity contribution in [1.29, 1.82) is 0 Å². The van der Waals surface area contributed by atoms with E-state index in [0.717, 1.165) is 17.1 Å². The van der Waals surface area contributed by atoms with Crippen molar-refractivity contribution in [2.24, 2.45) is 7.05 Å². The number of aromatic nitrogens is 2. The van der Waals surface area contributed by atoms with Gasteiger partial charge in [-0.15, -0.1) is 0 Å². The second-order valence-corrected chi connectivity index (χ2v) is 8.30. The summed E-state index contributed by atoms with van der Waals surface area (Å²) in [6.45, 7) is 4.03. The molecule has 8 heteroatoms. The lowest BCUT2D eigenvalue weighted by molar-refractivity contribution is 0.509. The van der Waals surface area contributed by atoms with E-state index >= 15 is 0 Å². The van der Waals surface area contributed by atoms with Crippen LogP contribution in [0.15, 0.2) is 44.6 Å². The summed E-state index contributed by atoms with van der Waals surface area (Å²) in [5.41, 5.74) is 0.986. The van der Waals surface area contributed by atoms with Gasteiger partial charge in [-0.1, -0.05) is 13.8 Å². The first kappa shape index (κ1) is 16.9. The van der Waals surface area contributed by atoms with Crippen LogP contribution in [0.1, 0.15) is 31.4 Å². The summed E-state index contributed by atoms with van der Waals surface area (Å²) in [7, 11) is -1.89. The maximum Gasteiger partial charge on any atom is 0.260 e. The van der Waals surface area contributed by atoms with E-state index < -0.39 is 10.0 Å². The standard InChI is InChI=1S/C16H19N3O3S2/c1-11(2)16-18-15(9-19(16)3)24(20,21)17-8-13-4-5-14(22-13)12-6-7-23-10-12/h4-7,9-11,17H,8H2,1-3H3. The first-order valence-electron chi connectivity index (χ1n) is 7.51. The number of furan rings is 1. The fraction of sp³-hybridized carbons (Fsp3) is 0.312. The largest absolute Gasteiger partial charge is 0.460 e. The Labute approximate surface area is 145 Å². The number of sulfonamides is 1. The Morgan fingerprint density at radius 2 is 2.12 bits per heavy atom. The van der Waals surface area contributed by atoms with Crippen LogP contribution in [0, 0.1) is 0 Å². The van der Waals surface area contributed by atoms with Gasteiger partial charge < -0.3 is 8.98 Å². The van der Waals surface area contributed by atoms with Gasteiger partial charge in [0, 0.05) is 30.1 Å². The molecule has 0 amide bonds. The third-order valence-corrected chi connectivity index (χ3v) is 5.54. The highest BCUT2D eigenvalue weighted by molar-refractivity contribution is 7.89. The Hall–Kier alpha value is -1.90. The van der Waals surface area contributed by atoms with Gasteiger partial charge in [-0.2, -0.15) is 11.3 Å². The van der Waals surface area contributed by atoms with E-state index in [1.807, 2.05) is 36.7 Å². The predicted octanol–water partition coefficient (Wildman–Crippen LogP) is 3.34. The average molecular weight is 365 g/mol. The monoisotopic (exact) mass is 365 g/mol. The van der Waals surface area contributed by atoms with Crippen LogP contribution >= 0.6 is 11.3 Å². The van der Waals surface area contributed by atoms with Gasteiger partial charge in [0.1, 0.15) is 17.3 Å². The van der Waals surface area contributed by atoms with Gasteiger partial charge in [-0.05, 0) is 23.6 Å². The van der Waals surface area contributed by atoms with Crippen molar-refractivity contribution in [2.45, 2.75) is 31.3 Å². The van der Waals surface area contributed by atoms with Crippen LogP contribution < -0.4 is 4.72 Å². The lowest BCUT2D eigenvalue weighted by Crippen LogP contribution is -2.23. The molecule has 3 aromatic rings. The molecule has 3 rings (SSSR count). The Bertz CT molecular complexity index is 922. The molecular weight excluding hydrogens is 346 g/mol. The quantitative estimate of drug-likeness (QED) is 0.727. The molecule has 0 aliphatic rings. The molecule has 128 valence electrons. The minimum absolute atomic E-state index is 0.0262. The van der Waals surface area contributed by atoms with E-state index in [-0.39, 0.29) is 17.5 Å². The van der Waals surface area contributed by atoms with Gasteiger partial charge in [0.05, 0.1) is 6.54 Å². The number of hydrogen-bond donors (Lipinski definition) is 1. The maximum atomic E-state index is 12.4. The first-order valence-corrected chi connectivity index (χ1v) is 9.93. The third-order valence-electron chi connectivity index (χ3n) is 3.59. The highest BCUT2D eigenvalue weighted by Crippen LogP contribution is 2.24. The number of nitrogens with zero attached hydrogens (tertiary/aromatic N) is 2. The molecule has 6 nitrogen and oxygen atoms in total. The van der Waals surface area contributed by atoms with E-state index in [2.05, 4.69) is 9.71 Å². The van der Waals surface area contributed by atoms with Gasteiger partial charge in [-0.25, -0.2) is 18.1 Å². The molecule has 0 fully saturated rings. The SMILES string of the molecule is CC(C)c1nc(S(=O)(=O)NCc2ccc(-c3ccsc3)o2)cn1C. The van der Waals surface area contributed by atoms with Crippen LogP contribution in [0.4, 0.5) is 0 Å². The van der Waals surface area contributed by atoms with Crippen molar-refractivity contribution in [2.75, 3.05) is 0 Å². The summed E-state index contributed by atoms with van der Waals surface area (Å²) in [6.07, 6.45) is 1.52. The Morgan fingerprint density at radius 3 is 2.75 bits per heavy atom. The van der Waals surface area contributed by atoms with Crippen molar-refractivity contribution < 1.29 is 12.8 Å². The van der Waals surface area contributed by atoms with Crippen LogP contribution in [-0.2, 0) is 23.6 Å². The molecule has 1 N–H and O–H groups in total. The molecule has 0 saturated heterocycles. The van der Waals surface area contributed by atoms with Gasteiger partial charge in [-0.3, -0.25) is 0 Å². The maximum absolute atomic E-state index is 12.4. The van der Waals surface area contributed by atoms with Crippen LogP contribution in [0.3, 0.4) is 0 Å². The fourth-order valence-corrected chi connectivity index (χ4v) is 4.03. The zero-order chi connectivity index (χ0) is 17.3. The van der Waals surface area contributed by atoms with Gasteiger partial charge in [0.25, 0.3) is 10.0 Å². The highest BCUT2D eigenvalue weighted by Gasteiger charge is 2.21. The number of thiophene rings is 1. The smallest absolute Gasteiger partial charge is 0.260 e. The zero-order valence-corrected chi connectivity index (χ0v) is 15.3. The molecule has 0 unspecified atom stereocenters. The lowest BCUT2D eigenvalue weighted by Gasteiger charge is -2.03. The topological polar surface area (TPSA) is 77.1 Å². The molecule has 24 heavy (non-hydrogen) atoms. The van der Waals surface area contributed by atoms with Crippen LogP contribution in [-0.4, -0.2) is 18.0 Å². The molecule has 0 spiro atoms. The van der Waals surface area contributed by atoms with Crippen molar-refractivity contribution in [3.05, 3.63) is 46.7 Å². The number of aryl methyl sites for hydroxylation is 1. The summed E-state index contributed by atoms with van der Waals surface area (Å²) in [5, 5.41) is 3.97. The molecular formula is C16H19N3O3S2. The molecule has 0 aliphatic carbocycles. The van der Waals surface area contributed by atoms with E-state index in [0.29, 0.717) is 5.76 Å². The minimum Gasteiger partial charge on any atom is -0.460 e. The Balaban J connectivity index is 1.73. The van der Waals surface area contributed by atoms with Gasteiger partial charge >= 0.3 is 0 Å². The van der Waals surface area contributed by atoms with Crippen molar-refractivity contribution >= 4 is 21.4 Å². The Kier molecular flexibility index (Phi) is 4.62. The molecule has 3 heterocycles. The van der Waals surface area contributed by atoms with Crippen LogP contribution in [0.5, 0.6) is 0 Å². The van der Waals surface area contributed by atoms with Gasteiger partial charge in [0.15, 0.2) is 5.03 Å². The second kappa shape index (κ2) is 6.54. The van der Waals surface area contributed by atoms with Crippen molar-refractivity contribution in [1.82, 2.24) is 14.3 Å². The summed E-state index contributed by atoms with van der Waals surface area (Å²) in [6, 6.07) is 5.57. The van der Waals surface area contributed by atoms with Crippen molar-refractivity contribution in [3.8, 4) is 11.3 Å². The minimum atomic E-state index is -3.68. The normalized spacial score (nSPS) is 12.2. The molecule has 0 aliphatic heterocycles. The van der Waals surface area contributed by atoms with E-state index in [1.54, 1.807) is 29.0 Å². The van der Waals surface area contributed by atoms with Gasteiger partial charge in [0.2, 0.25) is 0 Å². The molecule has 0 saturated carbocycles. The van der Waals surface area contributed by atoms with Crippen LogP contribution in [0.25, 0.3) is 11.3 Å². The highest BCUT2D eigenvalue weighted by atomic mass is 32.2. The Morgan fingerprint density at radius 1 is 1.33 bits per heavy atom. The molecule has 0 radical (unpaired) electrons. The second-order valence-electron chi connectivity index (χ2n) is 5.81. The average Bonchev–Trinajstić information content (AvgIpc) is 3.25. The summed E-state index contributed by atoms with van der Waals surface area (Å²) in [5.74, 6) is 2.16. The number of rotatable bonds is 6. The summed E-state index contributed by atoms with van der Waals surface area (Å²) >= 11 is 1.58. The van der Waals surface area contributed by atoms with E-state index in [9.17, 15) is 8.42 Å². The predicted molar refractivity (Wildman–Crippen MR) is 93.3 cm³/mol. The number of nitrogens with one attached hydrogen (secondary N) is 1. The molecule has 0 atom stereocenters. The fourth-order valence-electron chi connectivity index (χ4n) is 2.39. The third kappa shape index (κ3) is 3.45. The zero-order valence-electron chi connectivity index (χ0n) is 13.7. The molecule has 0 bridgehead atoms. The lowest BCUT2D eigenvalue weighted by atomic mass is 10.2. The van der Waals surface area contributed by atoms with Crippen LogP contribution in [0.2, 0.25) is 0 Å². The molecule has 0 aromatic carbocycles. The van der Waals surface area contributed by atoms with E-state index in [1.165, 1.54) is 6.20 Å². The van der Waals surface area contributed by atoms with E-state index in [4.69, 9.17) is 4.42 Å².